The van der Waals surface area contributed by atoms with Crippen LogP contribution in [0.15, 0.2) is 10.6 Å². The lowest BCUT2D eigenvalue weighted by Crippen LogP contribution is -2.11. The van der Waals surface area contributed by atoms with Crippen molar-refractivity contribution < 1.29 is 4.52 Å². The van der Waals surface area contributed by atoms with Gasteiger partial charge in [-0.15, -0.1) is 0 Å². The largest absolute Gasteiger partial charge is 0.354 e. The first-order valence-electron chi connectivity index (χ1n) is 4.25. The summed E-state index contributed by atoms with van der Waals surface area (Å²) in [7, 11) is 0. The molecular formula is C9H16N2O. The summed E-state index contributed by atoms with van der Waals surface area (Å²) in [4.78, 5) is 0. The molecule has 0 aliphatic carbocycles. The second-order valence-corrected chi connectivity index (χ2v) is 3.86. The van der Waals surface area contributed by atoms with Gasteiger partial charge in [0.15, 0.2) is 0 Å². The van der Waals surface area contributed by atoms with Gasteiger partial charge in [0.1, 0.15) is 0 Å². The molecule has 0 amide bonds. The SMILES string of the molecule is CCNc1cc(C(C)(C)C)no1. The van der Waals surface area contributed by atoms with E-state index in [4.69, 9.17) is 4.52 Å². The van der Waals surface area contributed by atoms with Gasteiger partial charge in [0, 0.05) is 18.0 Å². The Hall–Kier alpha value is -0.990. The minimum Gasteiger partial charge on any atom is -0.354 e. The maximum Gasteiger partial charge on any atom is 0.224 e. The minimum atomic E-state index is 0.0666. The molecule has 1 aromatic rings. The Bertz CT molecular complexity index is 247. The number of hydrogen-bond acceptors (Lipinski definition) is 3. The molecule has 0 spiro atoms. The van der Waals surface area contributed by atoms with E-state index in [1.165, 1.54) is 0 Å². The van der Waals surface area contributed by atoms with Crippen LogP contribution >= 0.6 is 0 Å². The van der Waals surface area contributed by atoms with Gasteiger partial charge in [-0.05, 0) is 6.92 Å². The van der Waals surface area contributed by atoms with Crippen LogP contribution in [0, 0.1) is 0 Å². The zero-order chi connectivity index (χ0) is 9.19. The summed E-state index contributed by atoms with van der Waals surface area (Å²) in [6.45, 7) is 9.22. The van der Waals surface area contributed by atoms with Gasteiger partial charge in [-0.2, -0.15) is 0 Å². The maximum absolute atomic E-state index is 5.07. The summed E-state index contributed by atoms with van der Waals surface area (Å²) < 4.78 is 5.07. The van der Waals surface area contributed by atoms with Crippen LogP contribution in [0.4, 0.5) is 5.88 Å². The Morgan fingerprint density at radius 2 is 2.17 bits per heavy atom. The van der Waals surface area contributed by atoms with E-state index in [0.717, 1.165) is 18.1 Å². The number of nitrogens with one attached hydrogen (secondary N) is 1. The fraction of sp³-hybridized carbons (Fsp3) is 0.667. The van der Waals surface area contributed by atoms with E-state index in [0.29, 0.717) is 0 Å². The molecule has 12 heavy (non-hydrogen) atoms. The van der Waals surface area contributed by atoms with Crippen LogP contribution in [-0.2, 0) is 5.41 Å². The number of anilines is 1. The highest BCUT2D eigenvalue weighted by Gasteiger charge is 2.18. The summed E-state index contributed by atoms with van der Waals surface area (Å²) in [6.07, 6.45) is 0. The van der Waals surface area contributed by atoms with Crippen molar-refractivity contribution in [3.63, 3.8) is 0 Å². The van der Waals surface area contributed by atoms with Crippen LogP contribution in [0.5, 0.6) is 0 Å². The fourth-order valence-corrected chi connectivity index (χ4v) is 0.886. The van der Waals surface area contributed by atoms with Crippen molar-refractivity contribution in [1.29, 1.82) is 0 Å². The molecule has 0 bridgehead atoms. The molecule has 1 rings (SSSR count). The van der Waals surface area contributed by atoms with Gasteiger partial charge < -0.3 is 9.84 Å². The molecule has 1 aromatic heterocycles. The molecular weight excluding hydrogens is 152 g/mol. The summed E-state index contributed by atoms with van der Waals surface area (Å²) in [6, 6.07) is 1.95. The molecule has 1 heterocycles. The van der Waals surface area contributed by atoms with Gasteiger partial charge in [0.05, 0.1) is 5.69 Å². The molecule has 68 valence electrons. The predicted molar refractivity (Wildman–Crippen MR) is 49.4 cm³/mol. The van der Waals surface area contributed by atoms with Crippen LogP contribution in [0.2, 0.25) is 0 Å². The van der Waals surface area contributed by atoms with Crippen LogP contribution in [0.3, 0.4) is 0 Å². The van der Waals surface area contributed by atoms with Crippen LogP contribution < -0.4 is 5.32 Å². The maximum atomic E-state index is 5.07. The molecule has 0 aliphatic rings. The standard InChI is InChI=1S/C9H16N2O/c1-5-10-8-6-7(11-12-8)9(2,3)4/h6,10H,5H2,1-4H3. The zero-order valence-electron chi connectivity index (χ0n) is 8.14. The minimum absolute atomic E-state index is 0.0666. The third-order valence-electron chi connectivity index (χ3n) is 1.63. The monoisotopic (exact) mass is 168 g/mol. The Balaban J connectivity index is 2.77. The van der Waals surface area contributed by atoms with E-state index < -0.39 is 0 Å². The first-order valence-corrected chi connectivity index (χ1v) is 4.25. The highest BCUT2D eigenvalue weighted by Crippen LogP contribution is 2.23. The van der Waals surface area contributed by atoms with Crippen LogP contribution in [-0.4, -0.2) is 11.7 Å². The smallest absolute Gasteiger partial charge is 0.224 e. The Morgan fingerprint density at radius 3 is 2.58 bits per heavy atom. The second-order valence-electron chi connectivity index (χ2n) is 3.86. The topological polar surface area (TPSA) is 38.1 Å². The van der Waals surface area contributed by atoms with Crippen molar-refractivity contribution >= 4 is 5.88 Å². The third-order valence-corrected chi connectivity index (χ3v) is 1.63. The third kappa shape index (κ3) is 2.00. The van der Waals surface area contributed by atoms with E-state index in [-0.39, 0.29) is 5.41 Å². The first-order chi connectivity index (χ1) is 5.54. The van der Waals surface area contributed by atoms with Crippen LogP contribution in [0.25, 0.3) is 0 Å². The molecule has 3 heteroatoms. The van der Waals surface area contributed by atoms with Gasteiger partial charge >= 0.3 is 0 Å². The number of nitrogens with zero attached hydrogens (tertiary/aromatic N) is 1. The summed E-state index contributed by atoms with van der Waals surface area (Å²) in [5.74, 6) is 0.752. The number of hydrogen-bond donors (Lipinski definition) is 1. The lowest BCUT2D eigenvalue weighted by molar-refractivity contribution is 0.403. The molecule has 0 fully saturated rings. The predicted octanol–water partition coefficient (Wildman–Crippen LogP) is 2.40. The van der Waals surface area contributed by atoms with Gasteiger partial charge in [-0.25, -0.2) is 0 Å². The van der Waals surface area contributed by atoms with Crippen molar-refractivity contribution in [2.45, 2.75) is 33.1 Å². The zero-order valence-corrected chi connectivity index (χ0v) is 8.14. The Labute approximate surface area is 73.1 Å². The van der Waals surface area contributed by atoms with E-state index in [1.54, 1.807) is 0 Å². The van der Waals surface area contributed by atoms with E-state index in [9.17, 15) is 0 Å². The molecule has 0 saturated carbocycles. The Kier molecular flexibility index (Phi) is 2.40. The number of aromatic nitrogens is 1. The molecule has 0 unspecified atom stereocenters. The van der Waals surface area contributed by atoms with Gasteiger partial charge in [0.25, 0.3) is 0 Å². The Morgan fingerprint density at radius 1 is 1.50 bits per heavy atom. The van der Waals surface area contributed by atoms with E-state index in [1.807, 2.05) is 13.0 Å². The summed E-state index contributed by atoms with van der Waals surface area (Å²) >= 11 is 0. The molecule has 0 atom stereocenters. The van der Waals surface area contributed by atoms with Crippen molar-refractivity contribution in [3.8, 4) is 0 Å². The average Bonchev–Trinajstić information content (AvgIpc) is 2.35. The van der Waals surface area contributed by atoms with Crippen molar-refractivity contribution in [2.24, 2.45) is 0 Å². The van der Waals surface area contributed by atoms with Gasteiger partial charge in [0.2, 0.25) is 5.88 Å². The average molecular weight is 168 g/mol. The highest BCUT2D eigenvalue weighted by molar-refractivity contribution is 5.33. The normalized spacial score (nSPS) is 11.7. The lowest BCUT2D eigenvalue weighted by atomic mass is 9.92. The molecule has 3 nitrogen and oxygen atoms in total. The lowest BCUT2D eigenvalue weighted by Gasteiger charge is -2.12. The fourth-order valence-electron chi connectivity index (χ4n) is 0.886. The summed E-state index contributed by atoms with van der Waals surface area (Å²) in [5, 5.41) is 7.04. The van der Waals surface area contributed by atoms with Gasteiger partial charge in [-0.1, -0.05) is 25.9 Å². The second kappa shape index (κ2) is 3.17. The van der Waals surface area contributed by atoms with E-state index >= 15 is 0 Å². The summed E-state index contributed by atoms with van der Waals surface area (Å²) in [5.41, 5.74) is 1.05. The molecule has 0 aromatic carbocycles. The molecule has 0 saturated heterocycles. The molecule has 0 radical (unpaired) electrons. The highest BCUT2D eigenvalue weighted by atomic mass is 16.5. The van der Waals surface area contributed by atoms with Crippen molar-refractivity contribution in [2.75, 3.05) is 11.9 Å². The van der Waals surface area contributed by atoms with E-state index in [2.05, 4.69) is 31.2 Å². The quantitative estimate of drug-likeness (QED) is 0.736. The molecule has 1 N–H and O–H groups in total. The van der Waals surface area contributed by atoms with Crippen molar-refractivity contribution in [3.05, 3.63) is 11.8 Å². The van der Waals surface area contributed by atoms with Crippen LogP contribution in [0.1, 0.15) is 33.4 Å². The van der Waals surface area contributed by atoms with Gasteiger partial charge in [-0.3, -0.25) is 0 Å². The first kappa shape index (κ1) is 9.10. The molecule has 0 aliphatic heterocycles. The number of rotatable bonds is 2. The van der Waals surface area contributed by atoms with Crippen molar-refractivity contribution in [1.82, 2.24) is 5.16 Å².